The molecule has 0 spiro atoms. The molecule has 0 unspecified atom stereocenters. The molecule has 1 aromatic carbocycles. The number of amides is 1. The monoisotopic (exact) mass is 407 g/mol. The molecule has 1 heterocycles. The predicted molar refractivity (Wildman–Crippen MR) is 114 cm³/mol. The van der Waals surface area contributed by atoms with Gasteiger partial charge in [-0.25, -0.2) is 9.18 Å². The Labute approximate surface area is 175 Å². The lowest BCUT2D eigenvalue weighted by atomic mass is 9.75. The van der Waals surface area contributed by atoms with Crippen molar-refractivity contribution in [1.82, 2.24) is 4.90 Å². The zero-order valence-corrected chi connectivity index (χ0v) is 19.3. The second-order valence-corrected chi connectivity index (χ2v) is 9.95. The molecule has 0 N–H and O–H groups in total. The minimum atomic E-state index is -0.579. The lowest BCUT2D eigenvalue weighted by molar-refractivity contribution is 0.00578. The van der Waals surface area contributed by atoms with Crippen LogP contribution < -0.4 is 5.46 Å². The second-order valence-electron chi connectivity index (χ2n) is 9.95. The van der Waals surface area contributed by atoms with E-state index >= 15 is 0 Å². The Morgan fingerprint density at radius 2 is 1.72 bits per heavy atom. The molecule has 1 fully saturated rings. The molecule has 5 nitrogen and oxygen atoms in total. The highest BCUT2D eigenvalue weighted by Crippen LogP contribution is 2.36. The number of ether oxygens (including phenoxy) is 1. The number of carbonyl (C=O) groups excluding carboxylic acids is 1. The number of rotatable bonds is 5. The molecule has 0 aromatic heterocycles. The van der Waals surface area contributed by atoms with Gasteiger partial charge in [-0.05, 0) is 91.9 Å². The van der Waals surface area contributed by atoms with Gasteiger partial charge in [-0.1, -0.05) is 6.07 Å². The fraction of sp³-hybridized carbons (Fsp3) is 0.682. The Bertz CT molecular complexity index is 727. The summed E-state index contributed by atoms with van der Waals surface area (Å²) >= 11 is 0. The molecule has 1 saturated heterocycles. The zero-order valence-electron chi connectivity index (χ0n) is 19.3. The van der Waals surface area contributed by atoms with Gasteiger partial charge in [-0.2, -0.15) is 0 Å². The van der Waals surface area contributed by atoms with E-state index in [1.54, 1.807) is 11.0 Å². The highest BCUT2D eigenvalue weighted by atomic mass is 19.1. The molecule has 1 aliphatic rings. The minimum Gasteiger partial charge on any atom is -0.444 e. The maximum Gasteiger partial charge on any atom is 0.495 e. The second kappa shape index (κ2) is 8.27. The van der Waals surface area contributed by atoms with Crippen molar-refractivity contribution in [3.63, 3.8) is 0 Å². The third kappa shape index (κ3) is 5.73. The van der Waals surface area contributed by atoms with E-state index in [2.05, 4.69) is 0 Å². The highest BCUT2D eigenvalue weighted by Gasteiger charge is 2.52. The largest absolute Gasteiger partial charge is 0.495 e. The van der Waals surface area contributed by atoms with Gasteiger partial charge in [-0.3, -0.25) is 0 Å². The minimum absolute atomic E-state index is 0.0429. The van der Waals surface area contributed by atoms with Crippen molar-refractivity contribution >= 4 is 18.7 Å². The van der Waals surface area contributed by atoms with Crippen LogP contribution in [0.25, 0.3) is 0 Å². The molecule has 1 aromatic rings. The Kier molecular flexibility index (Phi) is 6.75. The summed E-state index contributed by atoms with van der Waals surface area (Å²) in [7, 11) is -0.579. The fourth-order valence-corrected chi connectivity index (χ4v) is 3.11. The van der Waals surface area contributed by atoms with Crippen LogP contribution in [0, 0.1) is 5.82 Å². The summed E-state index contributed by atoms with van der Waals surface area (Å²) in [6.45, 7) is 17.7. The number of hydrogen-bond acceptors (Lipinski definition) is 4. The number of halogens is 1. The van der Waals surface area contributed by atoms with Gasteiger partial charge in [0.1, 0.15) is 11.4 Å². The number of carbonyl (C=O) groups is 1. The van der Waals surface area contributed by atoms with E-state index in [4.69, 9.17) is 14.0 Å². The van der Waals surface area contributed by atoms with Gasteiger partial charge in [-0.15, -0.1) is 0 Å². The van der Waals surface area contributed by atoms with Gasteiger partial charge in [0.15, 0.2) is 0 Å². The van der Waals surface area contributed by atoms with Gasteiger partial charge in [0.2, 0.25) is 0 Å². The topological polar surface area (TPSA) is 48.0 Å². The van der Waals surface area contributed by atoms with E-state index in [1.807, 2.05) is 62.3 Å². The van der Waals surface area contributed by atoms with Gasteiger partial charge >= 0.3 is 13.2 Å². The first kappa shape index (κ1) is 23.7. The van der Waals surface area contributed by atoms with E-state index in [0.29, 0.717) is 13.0 Å². The molecule has 29 heavy (non-hydrogen) atoms. The van der Waals surface area contributed by atoms with E-state index in [0.717, 1.165) is 11.0 Å². The van der Waals surface area contributed by atoms with Crippen molar-refractivity contribution in [2.75, 3.05) is 6.54 Å². The van der Waals surface area contributed by atoms with Crippen LogP contribution >= 0.6 is 0 Å². The van der Waals surface area contributed by atoms with Gasteiger partial charge in [0.05, 0.1) is 11.2 Å². The lowest BCUT2D eigenvalue weighted by Crippen LogP contribution is -2.43. The number of hydrogen-bond donors (Lipinski definition) is 0. The molecule has 162 valence electrons. The summed E-state index contributed by atoms with van der Waals surface area (Å²) in [6, 6.07) is 4.57. The first-order chi connectivity index (χ1) is 13.1. The van der Waals surface area contributed by atoms with E-state index in [1.165, 1.54) is 12.1 Å². The molecule has 0 aliphatic carbocycles. The fourth-order valence-electron chi connectivity index (χ4n) is 3.11. The number of nitrogens with zero attached hydrogens (tertiary/aromatic N) is 1. The summed E-state index contributed by atoms with van der Waals surface area (Å²) in [5.74, 6) is -0.325. The molecule has 7 heteroatoms. The van der Waals surface area contributed by atoms with Crippen LogP contribution in [0.3, 0.4) is 0 Å². The standard InChI is InChI=1S/C22H35BFNO4/c1-15(2)25(19(26)27-20(3,4)5)13-12-16-14-17(24)10-11-18(16)23-28-21(6,7)22(8,9)29-23/h10-11,14-15H,12-13H2,1-9H3. The van der Waals surface area contributed by atoms with Gasteiger partial charge in [0.25, 0.3) is 0 Å². The summed E-state index contributed by atoms with van der Waals surface area (Å²) < 4.78 is 31.8. The molecule has 1 aliphatic heterocycles. The molecule has 1 amide bonds. The maximum atomic E-state index is 14.0. The maximum absolute atomic E-state index is 14.0. The quantitative estimate of drug-likeness (QED) is 0.683. The molecule has 0 saturated carbocycles. The van der Waals surface area contributed by atoms with Crippen molar-refractivity contribution in [3.8, 4) is 0 Å². The Balaban J connectivity index is 2.22. The Hall–Kier alpha value is -1.60. The molecular formula is C22H35BFNO4. The van der Waals surface area contributed by atoms with E-state index in [9.17, 15) is 9.18 Å². The first-order valence-corrected chi connectivity index (χ1v) is 10.3. The van der Waals surface area contributed by atoms with Crippen molar-refractivity contribution in [2.45, 2.75) is 91.6 Å². The van der Waals surface area contributed by atoms with Crippen molar-refractivity contribution in [1.29, 1.82) is 0 Å². The van der Waals surface area contributed by atoms with Crippen LogP contribution in [0.5, 0.6) is 0 Å². The summed E-state index contributed by atoms with van der Waals surface area (Å²) in [4.78, 5) is 14.2. The van der Waals surface area contributed by atoms with Gasteiger partial charge in [0, 0.05) is 12.6 Å². The van der Waals surface area contributed by atoms with E-state index in [-0.39, 0.29) is 18.0 Å². The third-order valence-corrected chi connectivity index (χ3v) is 5.49. The van der Waals surface area contributed by atoms with Crippen LogP contribution in [-0.4, -0.2) is 47.5 Å². The van der Waals surface area contributed by atoms with Crippen LogP contribution in [0.4, 0.5) is 9.18 Å². The van der Waals surface area contributed by atoms with Crippen LogP contribution in [0.2, 0.25) is 0 Å². The molecule has 0 atom stereocenters. The normalized spacial score (nSPS) is 18.2. The average molecular weight is 407 g/mol. The molecule has 0 radical (unpaired) electrons. The summed E-state index contributed by atoms with van der Waals surface area (Å²) in [5, 5.41) is 0. The van der Waals surface area contributed by atoms with Gasteiger partial charge < -0.3 is 18.9 Å². The van der Waals surface area contributed by atoms with Crippen molar-refractivity contribution in [2.24, 2.45) is 0 Å². The molecular weight excluding hydrogens is 372 g/mol. The predicted octanol–water partition coefficient (Wildman–Crippen LogP) is 4.31. The van der Waals surface area contributed by atoms with Crippen molar-refractivity contribution in [3.05, 3.63) is 29.6 Å². The third-order valence-electron chi connectivity index (χ3n) is 5.49. The Morgan fingerprint density at radius 3 is 2.21 bits per heavy atom. The average Bonchev–Trinajstić information content (AvgIpc) is 2.73. The highest BCUT2D eigenvalue weighted by molar-refractivity contribution is 6.62. The van der Waals surface area contributed by atoms with Crippen LogP contribution in [0.15, 0.2) is 18.2 Å². The lowest BCUT2D eigenvalue weighted by Gasteiger charge is -2.32. The zero-order chi connectivity index (χ0) is 22.2. The summed E-state index contributed by atoms with van der Waals surface area (Å²) in [6.07, 6.45) is 0.0929. The Morgan fingerprint density at radius 1 is 1.17 bits per heavy atom. The SMILES string of the molecule is CC(C)N(CCc1cc(F)ccc1B1OC(C)(C)C(C)(C)O1)C(=O)OC(C)(C)C. The number of benzene rings is 1. The smallest absolute Gasteiger partial charge is 0.444 e. The first-order valence-electron chi connectivity index (χ1n) is 10.3. The molecule has 0 bridgehead atoms. The van der Waals surface area contributed by atoms with E-state index < -0.39 is 23.9 Å². The van der Waals surface area contributed by atoms with Crippen LogP contribution in [-0.2, 0) is 20.5 Å². The summed E-state index contributed by atoms with van der Waals surface area (Å²) in [5.41, 5.74) is 0.0144. The van der Waals surface area contributed by atoms with Crippen LogP contribution in [0.1, 0.15) is 67.9 Å². The van der Waals surface area contributed by atoms with Crippen molar-refractivity contribution < 1.29 is 23.2 Å². The molecule has 2 rings (SSSR count).